The van der Waals surface area contributed by atoms with Gasteiger partial charge in [-0.2, -0.15) is 0 Å². The normalized spacial score (nSPS) is 17.5. The molecule has 1 saturated heterocycles. The Labute approximate surface area is 125 Å². The maximum atomic E-state index is 12.4. The minimum absolute atomic E-state index is 0.0280. The second-order valence-corrected chi connectivity index (χ2v) is 5.62. The molecule has 0 bridgehead atoms. The number of nitrogens with zero attached hydrogens (tertiary/aromatic N) is 2. The fraction of sp³-hybridized carbons (Fsp3) is 0.500. The minimum Gasteiger partial charge on any atom is -0.378 e. The Morgan fingerprint density at radius 1 is 1.29 bits per heavy atom. The fourth-order valence-electron chi connectivity index (χ4n) is 2.50. The monoisotopic (exact) mass is 289 g/mol. The molecule has 2 amide bonds. The number of hydrogen-bond donors (Lipinski definition) is 1. The van der Waals surface area contributed by atoms with E-state index in [1.54, 1.807) is 0 Å². The van der Waals surface area contributed by atoms with Gasteiger partial charge in [0.15, 0.2) is 0 Å². The molecule has 5 heteroatoms. The zero-order chi connectivity index (χ0) is 15.4. The van der Waals surface area contributed by atoms with E-state index in [0.29, 0.717) is 26.1 Å². The van der Waals surface area contributed by atoms with E-state index in [-0.39, 0.29) is 17.7 Å². The Morgan fingerprint density at radius 3 is 2.43 bits per heavy atom. The molecule has 1 aromatic rings. The molecular formula is C16H23N3O2. The van der Waals surface area contributed by atoms with Crippen molar-refractivity contribution in [2.45, 2.75) is 19.9 Å². The van der Waals surface area contributed by atoms with Gasteiger partial charge < -0.3 is 15.1 Å². The van der Waals surface area contributed by atoms with E-state index >= 15 is 0 Å². The highest BCUT2D eigenvalue weighted by molar-refractivity contribution is 5.89. The quantitative estimate of drug-likeness (QED) is 0.887. The largest absolute Gasteiger partial charge is 0.378 e. The molecule has 0 aliphatic carbocycles. The number of rotatable bonds is 5. The summed E-state index contributed by atoms with van der Waals surface area (Å²) in [4.78, 5) is 27.5. The van der Waals surface area contributed by atoms with Gasteiger partial charge in [-0.05, 0) is 24.6 Å². The van der Waals surface area contributed by atoms with Crippen LogP contribution in [-0.4, -0.2) is 43.9 Å². The molecule has 114 valence electrons. The van der Waals surface area contributed by atoms with Gasteiger partial charge in [0, 0.05) is 45.8 Å². The molecule has 1 unspecified atom stereocenters. The first kappa shape index (κ1) is 15.4. The second kappa shape index (κ2) is 6.61. The van der Waals surface area contributed by atoms with Crippen molar-refractivity contribution < 1.29 is 9.59 Å². The van der Waals surface area contributed by atoms with E-state index in [0.717, 1.165) is 11.3 Å². The predicted octanol–water partition coefficient (Wildman–Crippen LogP) is 1.24. The van der Waals surface area contributed by atoms with Gasteiger partial charge in [-0.25, -0.2) is 0 Å². The predicted molar refractivity (Wildman–Crippen MR) is 83.0 cm³/mol. The third kappa shape index (κ3) is 3.74. The highest BCUT2D eigenvalue weighted by atomic mass is 16.2. The van der Waals surface area contributed by atoms with E-state index < -0.39 is 0 Å². The van der Waals surface area contributed by atoms with Gasteiger partial charge in [0.1, 0.15) is 0 Å². The van der Waals surface area contributed by atoms with Crippen molar-refractivity contribution in [1.29, 1.82) is 0 Å². The Balaban J connectivity index is 2.01. The van der Waals surface area contributed by atoms with Crippen molar-refractivity contribution in [3.05, 3.63) is 29.8 Å². The summed E-state index contributed by atoms with van der Waals surface area (Å²) in [6.07, 6.45) is 0.314. The number of amides is 2. The third-order valence-electron chi connectivity index (χ3n) is 3.85. The first-order valence-electron chi connectivity index (χ1n) is 7.33. The van der Waals surface area contributed by atoms with Crippen LogP contribution in [0.1, 0.15) is 18.9 Å². The molecule has 1 aliphatic heterocycles. The fourth-order valence-corrected chi connectivity index (χ4v) is 2.50. The van der Waals surface area contributed by atoms with Crippen LogP contribution in [0.5, 0.6) is 0 Å². The van der Waals surface area contributed by atoms with Crippen LogP contribution in [0.3, 0.4) is 0 Å². The van der Waals surface area contributed by atoms with Crippen LogP contribution in [0.25, 0.3) is 0 Å². The third-order valence-corrected chi connectivity index (χ3v) is 3.85. The summed E-state index contributed by atoms with van der Waals surface area (Å²) < 4.78 is 0. The van der Waals surface area contributed by atoms with Crippen molar-refractivity contribution in [2.24, 2.45) is 5.92 Å². The summed E-state index contributed by atoms with van der Waals surface area (Å²) in [5, 5.41) is 2.72. The summed E-state index contributed by atoms with van der Waals surface area (Å²) in [6, 6.07) is 8.19. The van der Waals surface area contributed by atoms with Gasteiger partial charge in [-0.15, -0.1) is 0 Å². The van der Waals surface area contributed by atoms with Crippen molar-refractivity contribution in [3.63, 3.8) is 0 Å². The van der Waals surface area contributed by atoms with Crippen LogP contribution in [-0.2, 0) is 16.1 Å². The lowest BCUT2D eigenvalue weighted by molar-refractivity contribution is -0.136. The SMILES string of the molecule is CCN(Cc1ccc(N(C)C)cc1)C(=O)C1CNC(=O)C1. The van der Waals surface area contributed by atoms with Crippen molar-refractivity contribution in [2.75, 3.05) is 32.1 Å². The Bertz CT molecular complexity index is 511. The molecular weight excluding hydrogens is 266 g/mol. The number of hydrogen-bond acceptors (Lipinski definition) is 3. The lowest BCUT2D eigenvalue weighted by atomic mass is 10.1. The van der Waals surface area contributed by atoms with E-state index in [1.807, 2.05) is 55.1 Å². The zero-order valence-corrected chi connectivity index (χ0v) is 12.9. The molecule has 0 radical (unpaired) electrons. The molecule has 1 aromatic carbocycles. The highest BCUT2D eigenvalue weighted by Crippen LogP contribution is 2.17. The van der Waals surface area contributed by atoms with Gasteiger partial charge in [0.25, 0.3) is 0 Å². The molecule has 2 rings (SSSR count). The topological polar surface area (TPSA) is 52.6 Å². The average molecular weight is 289 g/mol. The van der Waals surface area contributed by atoms with Crippen LogP contribution in [0.2, 0.25) is 0 Å². The van der Waals surface area contributed by atoms with E-state index in [4.69, 9.17) is 0 Å². The smallest absolute Gasteiger partial charge is 0.228 e. The van der Waals surface area contributed by atoms with E-state index in [2.05, 4.69) is 5.32 Å². The lowest BCUT2D eigenvalue weighted by Gasteiger charge is -2.24. The van der Waals surface area contributed by atoms with E-state index in [9.17, 15) is 9.59 Å². The first-order valence-corrected chi connectivity index (χ1v) is 7.33. The standard InChI is InChI=1S/C16H23N3O2/c1-4-19(16(21)13-9-15(20)17-10-13)11-12-5-7-14(8-6-12)18(2)3/h5-8,13H,4,9-11H2,1-3H3,(H,17,20). The molecule has 21 heavy (non-hydrogen) atoms. The van der Waals surface area contributed by atoms with Gasteiger partial charge in [0.2, 0.25) is 11.8 Å². The molecule has 1 atom stereocenters. The summed E-state index contributed by atoms with van der Waals surface area (Å²) in [6.45, 7) is 3.68. The second-order valence-electron chi connectivity index (χ2n) is 5.62. The van der Waals surface area contributed by atoms with Crippen molar-refractivity contribution >= 4 is 17.5 Å². The van der Waals surface area contributed by atoms with Crippen LogP contribution in [0, 0.1) is 5.92 Å². The van der Waals surface area contributed by atoms with E-state index in [1.165, 1.54) is 0 Å². The maximum Gasteiger partial charge on any atom is 0.228 e. The highest BCUT2D eigenvalue weighted by Gasteiger charge is 2.30. The van der Waals surface area contributed by atoms with Crippen LogP contribution in [0.15, 0.2) is 24.3 Å². The van der Waals surface area contributed by atoms with Gasteiger partial charge in [-0.1, -0.05) is 12.1 Å². The molecule has 1 aliphatic rings. The van der Waals surface area contributed by atoms with Gasteiger partial charge in [-0.3, -0.25) is 9.59 Å². The summed E-state index contributed by atoms with van der Waals surface area (Å²) >= 11 is 0. The van der Waals surface area contributed by atoms with Crippen LogP contribution >= 0.6 is 0 Å². The molecule has 0 aromatic heterocycles. The average Bonchev–Trinajstić information content (AvgIpc) is 2.91. The molecule has 0 spiro atoms. The number of anilines is 1. The number of carbonyl (C=O) groups is 2. The molecule has 1 heterocycles. The lowest BCUT2D eigenvalue weighted by Crippen LogP contribution is -2.36. The van der Waals surface area contributed by atoms with Crippen molar-refractivity contribution in [1.82, 2.24) is 10.2 Å². The maximum absolute atomic E-state index is 12.4. The number of carbonyl (C=O) groups excluding carboxylic acids is 2. The van der Waals surface area contributed by atoms with Crippen LogP contribution < -0.4 is 10.2 Å². The molecule has 0 saturated carbocycles. The minimum atomic E-state index is -0.210. The van der Waals surface area contributed by atoms with Gasteiger partial charge >= 0.3 is 0 Å². The Morgan fingerprint density at radius 2 is 1.95 bits per heavy atom. The molecule has 1 fully saturated rings. The van der Waals surface area contributed by atoms with Crippen molar-refractivity contribution in [3.8, 4) is 0 Å². The van der Waals surface area contributed by atoms with Crippen LogP contribution in [0.4, 0.5) is 5.69 Å². The summed E-state index contributed by atoms with van der Waals surface area (Å²) in [5.41, 5.74) is 2.24. The Hall–Kier alpha value is -2.04. The zero-order valence-electron chi connectivity index (χ0n) is 12.9. The number of nitrogens with one attached hydrogen (secondary N) is 1. The number of benzene rings is 1. The molecule has 1 N–H and O–H groups in total. The Kier molecular flexibility index (Phi) is 4.83. The van der Waals surface area contributed by atoms with Gasteiger partial charge in [0.05, 0.1) is 5.92 Å². The first-order chi connectivity index (χ1) is 10.0. The summed E-state index contributed by atoms with van der Waals surface area (Å²) in [5.74, 6) is -0.175. The summed E-state index contributed by atoms with van der Waals surface area (Å²) in [7, 11) is 4.00. The molecule has 5 nitrogen and oxygen atoms in total.